The normalized spacial score (nSPS) is 11.8. The van der Waals surface area contributed by atoms with Crippen LogP contribution in [-0.4, -0.2) is 37.3 Å². The van der Waals surface area contributed by atoms with Crippen LogP contribution < -0.4 is 10.6 Å². The van der Waals surface area contributed by atoms with Crippen LogP contribution in [0.4, 0.5) is 5.13 Å². The highest BCUT2D eigenvalue weighted by molar-refractivity contribution is 7.99. The summed E-state index contributed by atoms with van der Waals surface area (Å²) in [7, 11) is 0. The highest BCUT2D eigenvalue weighted by atomic mass is 35.5. The second-order valence-corrected chi connectivity index (χ2v) is 9.68. The van der Waals surface area contributed by atoms with Gasteiger partial charge in [0.05, 0.1) is 22.0 Å². The number of halogens is 1. The molecule has 34 heavy (non-hydrogen) atoms. The third-order valence-corrected chi connectivity index (χ3v) is 6.94. The van der Waals surface area contributed by atoms with Crippen LogP contribution >= 0.6 is 34.7 Å². The minimum Gasteiger partial charge on any atom is -0.342 e. The second kappa shape index (κ2) is 10.8. The van der Waals surface area contributed by atoms with E-state index in [2.05, 4.69) is 32.4 Å². The molecule has 0 bridgehead atoms. The summed E-state index contributed by atoms with van der Waals surface area (Å²) >= 11 is 8.58. The van der Waals surface area contributed by atoms with Gasteiger partial charge in [-0.2, -0.15) is 0 Å². The molecule has 0 saturated carbocycles. The Morgan fingerprint density at radius 1 is 1.21 bits per heavy atom. The van der Waals surface area contributed by atoms with Gasteiger partial charge in [0.15, 0.2) is 16.1 Å². The fraction of sp³-hybridized carbons (Fsp3) is 0.174. The number of para-hydroxylation sites is 1. The number of nitrogens with zero attached hydrogens (tertiary/aromatic N) is 4. The highest BCUT2D eigenvalue weighted by Gasteiger charge is 2.20. The van der Waals surface area contributed by atoms with Crippen molar-refractivity contribution in [3.63, 3.8) is 0 Å². The average Bonchev–Trinajstić information content (AvgIpc) is 3.41. The first kappa shape index (κ1) is 23.9. The fourth-order valence-electron chi connectivity index (χ4n) is 3.18. The number of thiazole rings is 1. The summed E-state index contributed by atoms with van der Waals surface area (Å²) < 4.78 is 2.84. The average molecular weight is 513 g/mol. The van der Waals surface area contributed by atoms with Crippen molar-refractivity contribution in [2.75, 3.05) is 11.1 Å². The van der Waals surface area contributed by atoms with Crippen LogP contribution in [0.3, 0.4) is 0 Å². The van der Waals surface area contributed by atoms with E-state index in [1.807, 2.05) is 35.8 Å². The van der Waals surface area contributed by atoms with Gasteiger partial charge in [-0.3, -0.25) is 9.59 Å². The standard InChI is InChI=1S/C23H21ClN6O2S2/c1-3-12-30-20(14(2)25-21(32)15-8-10-16(24)11-9-15)28-29-23(30)33-13-19(31)27-22-26-17-6-4-5-7-18(17)34-22/h3-11,14H,1,12-13H2,2H3,(H,25,32)(H,26,27,31)/t14-/m0/s1. The number of amides is 2. The van der Waals surface area contributed by atoms with Gasteiger partial charge in [-0.15, -0.1) is 16.8 Å². The largest absolute Gasteiger partial charge is 0.342 e. The van der Waals surface area contributed by atoms with E-state index in [-0.39, 0.29) is 17.6 Å². The molecule has 174 valence electrons. The Labute approximate surface area is 209 Å². The third-order valence-electron chi connectivity index (χ3n) is 4.77. The number of rotatable bonds is 9. The lowest BCUT2D eigenvalue weighted by atomic mass is 10.2. The predicted octanol–water partition coefficient (Wildman–Crippen LogP) is 4.95. The Morgan fingerprint density at radius 3 is 2.71 bits per heavy atom. The molecule has 0 aliphatic rings. The van der Waals surface area contributed by atoms with E-state index < -0.39 is 6.04 Å². The van der Waals surface area contributed by atoms with Gasteiger partial charge >= 0.3 is 0 Å². The van der Waals surface area contributed by atoms with Crippen molar-refractivity contribution in [2.45, 2.75) is 24.7 Å². The summed E-state index contributed by atoms with van der Waals surface area (Å²) in [6.07, 6.45) is 1.71. The summed E-state index contributed by atoms with van der Waals surface area (Å²) in [4.78, 5) is 29.5. The number of benzene rings is 2. The van der Waals surface area contributed by atoms with E-state index in [0.29, 0.717) is 33.2 Å². The summed E-state index contributed by atoms with van der Waals surface area (Å²) in [6, 6.07) is 13.9. The van der Waals surface area contributed by atoms with Gasteiger partial charge in [-0.25, -0.2) is 4.98 Å². The van der Waals surface area contributed by atoms with Gasteiger partial charge in [0, 0.05) is 17.1 Å². The number of carbonyl (C=O) groups is 2. The van der Waals surface area contributed by atoms with Crippen LogP contribution in [0.15, 0.2) is 66.3 Å². The molecule has 0 saturated heterocycles. The van der Waals surface area contributed by atoms with Crippen LogP contribution in [0.5, 0.6) is 0 Å². The van der Waals surface area contributed by atoms with Crippen LogP contribution in [0, 0.1) is 0 Å². The molecule has 0 spiro atoms. The van der Waals surface area contributed by atoms with E-state index in [1.54, 1.807) is 30.3 Å². The molecule has 11 heteroatoms. The lowest BCUT2D eigenvalue weighted by Crippen LogP contribution is -2.28. The Balaban J connectivity index is 1.40. The molecule has 4 aromatic rings. The Morgan fingerprint density at radius 2 is 1.97 bits per heavy atom. The van der Waals surface area contributed by atoms with Crippen LogP contribution in [0.2, 0.25) is 5.02 Å². The molecular weight excluding hydrogens is 492 g/mol. The molecule has 2 aromatic heterocycles. The number of aromatic nitrogens is 4. The Bertz CT molecular complexity index is 1300. The van der Waals surface area contributed by atoms with E-state index in [1.165, 1.54) is 23.1 Å². The maximum atomic E-state index is 12.6. The zero-order valence-corrected chi connectivity index (χ0v) is 20.6. The minimum absolute atomic E-state index is 0.136. The summed E-state index contributed by atoms with van der Waals surface area (Å²) in [5.74, 6) is 0.261. The molecule has 0 radical (unpaired) electrons. The van der Waals surface area contributed by atoms with Gasteiger partial charge in [-0.1, -0.05) is 52.9 Å². The molecule has 0 aliphatic carbocycles. The Hall–Kier alpha value is -3.21. The molecule has 8 nitrogen and oxygen atoms in total. The van der Waals surface area contributed by atoms with Crippen molar-refractivity contribution >= 4 is 61.9 Å². The smallest absolute Gasteiger partial charge is 0.251 e. The molecule has 0 aliphatic heterocycles. The molecule has 2 amide bonds. The zero-order valence-electron chi connectivity index (χ0n) is 18.2. The second-order valence-electron chi connectivity index (χ2n) is 7.27. The number of nitrogens with one attached hydrogen (secondary N) is 2. The number of anilines is 1. The van der Waals surface area contributed by atoms with E-state index in [4.69, 9.17) is 11.6 Å². The van der Waals surface area contributed by atoms with Crippen LogP contribution in [0.1, 0.15) is 29.1 Å². The number of thioether (sulfide) groups is 1. The summed E-state index contributed by atoms with van der Waals surface area (Å²) in [5.41, 5.74) is 1.34. The van der Waals surface area contributed by atoms with Crippen molar-refractivity contribution in [1.82, 2.24) is 25.1 Å². The van der Waals surface area contributed by atoms with Crippen molar-refractivity contribution in [1.29, 1.82) is 0 Å². The third kappa shape index (κ3) is 5.64. The number of hydrogen-bond donors (Lipinski definition) is 2. The van der Waals surface area contributed by atoms with Crippen molar-refractivity contribution in [2.24, 2.45) is 0 Å². The number of fused-ring (bicyclic) bond motifs is 1. The fourth-order valence-corrected chi connectivity index (χ4v) is 4.95. The van der Waals surface area contributed by atoms with Gasteiger partial charge in [-0.05, 0) is 43.3 Å². The van der Waals surface area contributed by atoms with Gasteiger partial charge in [0.2, 0.25) is 5.91 Å². The van der Waals surface area contributed by atoms with Gasteiger partial charge in [0.25, 0.3) is 5.91 Å². The number of allylic oxidation sites excluding steroid dienone is 1. The first-order valence-electron chi connectivity index (χ1n) is 10.3. The van der Waals surface area contributed by atoms with E-state index in [0.717, 1.165) is 10.2 Å². The molecule has 2 heterocycles. The molecule has 0 unspecified atom stereocenters. The van der Waals surface area contributed by atoms with E-state index in [9.17, 15) is 9.59 Å². The first-order valence-corrected chi connectivity index (χ1v) is 12.5. The van der Waals surface area contributed by atoms with Crippen LogP contribution in [0.25, 0.3) is 10.2 Å². The van der Waals surface area contributed by atoms with Gasteiger partial charge < -0.3 is 15.2 Å². The van der Waals surface area contributed by atoms with E-state index >= 15 is 0 Å². The molecular formula is C23H21ClN6O2S2. The molecule has 0 fully saturated rings. The maximum absolute atomic E-state index is 12.6. The van der Waals surface area contributed by atoms with Crippen molar-refractivity contribution < 1.29 is 9.59 Å². The lowest BCUT2D eigenvalue weighted by molar-refractivity contribution is -0.113. The monoisotopic (exact) mass is 512 g/mol. The topological polar surface area (TPSA) is 102 Å². The maximum Gasteiger partial charge on any atom is 0.251 e. The lowest BCUT2D eigenvalue weighted by Gasteiger charge is -2.15. The van der Waals surface area contributed by atoms with Gasteiger partial charge in [0.1, 0.15) is 0 Å². The predicted molar refractivity (Wildman–Crippen MR) is 137 cm³/mol. The molecule has 2 N–H and O–H groups in total. The van der Waals surface area contributed by atoms with Crippen molar-refractivity contribution in [3.8, 4) is 0 Å². The summed E-state index contributed by atoms with van der Waals surface area (Å²) in [6.45, 7) is 6.05. The molecule has 4 rings (SSSR count). The number of carbonyl (C=O) groups excluding carboxylic acids is 2. The van der Waals surface area contributed by atoms with Crippen LogP contribution in [-0.2, 0) is 11.3 Å². The molecule has 1 atom stereocenters. The van der Waals surface area contributed by atoms with Crippen molar-refractivity contribution in [3.05, 3.63) is 77.6 Å². The highest BCUT2D eigenvalue weighted by Crippen LogP contribution is 2.26. The number of hydrogen-bond acceptors (Lipinski definition) is 7. The molecule has 2 aromatic carbocycles. The minimum atomic E-state index is -0.415. The Kier molecular flexibility index (Phi) is 7.61. The summed E-state index contributed by atoms with van der Waals surface area (Å²) in [5, 5.41) is 15.9. The first-order chi connectivity index (χ1) is 16.4. The SMILES string of the molecule is C=CCn1c(SCC(=O)Nc2nc3ccccc3s2)nnc1[C@H](C)NC(=O)c1ccc(Cl)cc1. The quantitative estimate of drug-likeness (QED) is 0.243. The zero-order chi connectivity index (χ0) is 24.1.